The molecule has 0 aliphatic heterocycles. The van der Waals surface area contributed by atoms with E-state index in [1.165, 1.54) is 6.92 Å². The highest BCUT2D eigenvalue weighted by Crippen LogP contribution is 2.12. The first-order valence-electron chi connectivity index (χ1n) is 8.22. The molecule has 0 aliphatic carbocycles. The van der Waals surface area contributed by atoms with Crippen molar-refractivity contribution in [3.8, 4) is 11.3 Å². The molecule has 4 aromatic rings. The summed E-state index contributed by atoms with van der Waals surface area (Å²) in [5, 5.41) is 5.62. The van der Waals surface area contributed by atoms with E-state index in [9.17, 15) is 17.8 Å². The molecule has 27 heavy (non-hydrogen) atoms. The van der Waals surface area contributed by atoms with Gasteiger partial charge in [0.05, 0.1) is 10.1 Å². The number of rotatable bonds is 2. The molecule has 0 amide bonds. The van der Waals surface area contributed by atoms with Gasteiger partial charge in [-0.2, -0.15) is 0 Å². The lowest BCUT2D eigenvalue weighted by atomic mass is 10.2. The number of fused-ring (bicyclic) bond motifs is 3. The molecule has 0 atom stereocenters. The maximum atomic E-state index is 12.2. The number of aromatic amines is 1. The van der Waals surface area contributed by atoms with Crippen molar-refractivity contribution in [1.82, 2.24) is 10.1 Å². The Bertz CT molecular complexity index is 1250. The van der Waals surface area contributed by atoms with E-state index in [1.807, 2.05) is 66.7 Å². The Labute approximate surface area is 155 Å². The van der Waals surface area contributed by atoms with Crippen LogP contribution in [0.3, 0.4) is 0 Å². The average Bonchev–Trinajstić information content (AvgIpc) is 2.68. The van der Waals surface area contributed by atoms with Gasteiger partial charge in [0.15, 0.2) is 5.52 Å². The minimum absolute atomic E-state index is 0.184. The third kappa shape index (κ3) is 4.36. The largest absolute Gasteiger partial charge is 0.748 e. The summed E-state index contributed by atoms with van der Waals surface area (Å²) in [7, 11) is -3.91. The van der Waals surface area contributed by atoms with Crippen molar-refractivity contribution >= 4 is 26.7 Å². The van der Waals surface area contributed by atoms with E-state index in [0.29, 0.717) is 11.3 Å². The number of hydrogen-bond acceptors (Lipinski definition) is 5. The summed E-state index contributed by atoms with van der Waals surface area (Å²) in [6.07, 6.45) is 0. The molecule has 0 unspecified atom stereocenters. The van der Waals surface area contributed by atoms with Crippen molar-refractivity contribution in [3.63, 3.8) is 0 Å². The van der Waals surface area contributed by atoms with Crippen molar-refractivity contribution < 1.29 is 17.5 Å². The molecule has 138 valence electrons. The molecule has 0 aliphatic rings. The van der Waals surface area contributed by atoms with E-state index in [2.05, 4.69) is 10.1 Å². The Morgan fingerprint density at radius 1 is 1.00 bits per heavy atom. The van der Waals surface area contributed by atoms with Crippen LogP contribution in [0.1, 0.15) is 6.92 Å². The van der Waals surface area contributed by atoms with Crippen LogP contribution in [0.25, 0.3) is 27.8 Å². The Morgan fingerprint density at radius 3 is 2.30 bits per heavy atom. The normalized spacial score (nSPS) is 11.2. The summed E-state index contributed by atoms with van der Waals surface area (Å²) in [6.45, 7) is 1.31. The quantitative estimate of drug-likeness (QED) is 0.323. The van der Waals surface area contributed by atoms with Crippen LogP contribution in [0, 0.1) is 0 Å². The maximum absolute atomic E-state index is 12.2. The number of nitrogens with zero attached hydrogens (tertiary/aromatic N) is 2. The van der Waals surface area contributed by atoms with Gasteiger partial charge in [-0.05, 0) is 12.1 Å². The van der Waals surface area contributed by atoms with E-state index in [1.54, 1.807) is 4.52 Å². The molecule has 7 nitrogen and oxygen atoms in total. The van der Waals surface area contributed by atoms with Crippen molar-refractivity contribution in [3.05, 3.63) is 77.1 Å². The lowest BCUT2D eigenvalue weighted by molar-refractivity contribution is -0.554. The van der Waals surface area contributed by atoms with E-state index in [4.69, 9.17) is 0 Å². The second-order valence-electron chi connectivity index (χ2n) is 5.70. The topological polar surface area (TPSA) is 107 Å². The highest BCUT2D eigenvalue weighted by molar-refractivity contribution is 7.85. The fourth-order valence-corrected chi connectivity index (χ4v) is 2.50. The summed E-state index contributed by atoms with van der Waals surface area (Å²) < 4.78 is 30.1. The maximum Gasteiger partial charge on any atom is 0.362 e. The Kier molecular flexibility index (Phi) is 5.29. The molecule has 0 fully saturated rings. The number of H-pyrrole nitrogens is 1. The second kappa shape index (κ2) is 7.65. The molecule has 0 bridgehead atoms. The van der Waals surface area contributed by atoms with Crippen LogP contribution < -0.4 is 10.1 Å². The van der Waals surface area contributed by atoms with Crippen LogP contribution in [0.4, 0.5) is 0 Å². The number of aromatic nitrogens is 3. The second-order valence-corrected chi connectivity index (χ2v) is 7.40. The number of benzene rings is 2. The number of nitrogens with one attached hydrogen (secondary N) is 1. The first kappa shape index (κ1) is 18.7. The third-order valence-corrected chi connectivity index (χ3v) is 4.58. The summed E-state index contributed by atoms with van der Waals surface area (Å²) in [5.74, 6) is -0.312. The third-order valence-electron chi connectivity index (χ3n) is 3.87. The van der Waals surface area contributed by atoms with E-state index >= 15 is 0 Å². The van der Waals surface area contributed by atoms with Crippen molar-refractivity contribution in [2.45, 2.75) is 6.92 Å². The van der Waals surface area contributed by atoms with Gasteiger partial charge in [0.25, 0.3) is 0 Å². The monoisotopic (exact) mass is 383 g/mol. The van der Waals surface area contributed by atoms with Gasteiger partial charge in [0, 0.05) is 22.8 Å². The van der Waals surface area contributed by atoms with E-state index in [-0.39, 0.29) is 11.3 Å². The molecule has 2 aromatic heterocycles. The van der Waals surface area contributed by atoms with Crippen LogP contribution >= 0.6 is 0 Å². The number of pyridine rings is 1. The number of para-hydroxylation sites is 1. The first-order valence-corrected chi connectivity index (χ1v) is 9.80. The highest BCUT2D eigenvalue weighted by atomic mass is 32.2. The fraction of sp³-hybridized carbons (Fsp3) is 0.105. The van der Waals surface area contributed by atoms with Crippen LogP contribution in [0.5, 0.6) is 0 Å². The van der Waals surface area contributed by atoms with Gasteiger partial charge >= 0.3 is 11.2 Å². The summed E-state index contributed by atoms with van der Waals surface area (Å²) in [6, 6.07) is 21.3. The predicted molar refractivity (Wildman–Crippen MR) is 101 cm³/mol. The fourth-order valence-electron chi connectivity index (χ4n) is 2.50. The highest BCUT2D eigenvalue weighted by Gasteiger charge is 2.15. The van der Waals surface area contributed by atoms with Crippen molar-refractivity contribution in [2.24, 2.45) is 0 Å². The zero-order chi connectivity index (χ0) is 19.4. The Balaban J connectivity index is 0.000000307. The SMILES string of the molecule is CCS(=O)(=O)[O-].O=c1[nH]c2ccc3ccccc3[n+]2nc1-c1ccccc1. The molecule has 4 rings (SSSR count). The van der Waals surface area contributed by atoms with Gasteiger partial charge in [-0.3, -0.25) is 0 Å². The predicted octanol–water partition coefficient (Wildman–Crippen LogP) is 1.88. The number of hydrogen-bond donors (Lipinski definition) is 1. The first-order chi connectivity index (χ1) is 12.9. The summed E-state index contributed by atoms with van der Waals surface area (Å²) in [4.78, 5) is 15.1. The molecule has 1 N–H and O–H groups in total. The van der Waals surface area contributed by atoms with Gasteiger partial charge in [0.1, 0.15) is 0 Å². The zero-order valence-corrected chi connectivity index (χ0v) is 15.3. The summed E-state index contributed by atoms with van der Waals surface area (Å²) in [5.41, 5.74) is 2.68. The van der Waals surface area contributed by atoms with E-state index < -0.39 is 10.1 Å². The van der Waals surface area contributed by atoms with Crippen LogP contribution in [0.15, 0.2) is 71.5 Å². The van der Waals surface area contributed by atoms with Crippen LogP contribution in [-0.2, 0) is 10.1 Å². The zero-order valence-electron chi connectivity index (χ0n) is 14.5. The Hall–Kier alpha value is -3.10. The van der Waals surface area contributed by atoms with Gasteiger partial charge in [-0.25, -0.2) is 18.2 Å². The van der Waals surface area contributed by atoms with Gasteiger partial charge < -0.3 is 4.55 Å². The van der Waals surface area contributed by atoms with Crippen LogP contribution in [0.2, 0.25) is 0 Å². The molecule has 0 radical (unpaired) electrons. The van der Waals surface area contributed by atoms with E-state index in [0.717, 1.165) is 16.5 Å². The smallest absolute Gasteiger partial charge is 0.362 e. The minimum Gasteiger partial charge on any atom is -0.748 e. The van der Waals surface area contributed by atoms with Crippen molar-refractivity contribution in [2.75, 3.05) is 5.75 Å². The van der Waals surface area contributed by atoms with Crippen LogP contribution in [-0.4, -0.2) is 28.8 Å². The lowest BCUT2D eigenvalue weighted by Crippen LogP contribution is -2.34. The molecular weight excluding hydrogens is 366 g/mol. The summed E-state index contributed by atoms with van der Waals surface area (Å²) >= 11 is 0. The molecule has 8 heteroatoms. The lowest BCUT2D eigenvalue weighted by Gasteiger charge is -2.00. The Morgan fingerprint density at radius 2 is 1.63 bits per heavy atom. The molecule has 0 spiro atoms. The van der Waals surface area contributed by atoms with Gasteiger partial charge in [-0.1, -0.05) is 65.1 Å². The van der Waals surface area contributed by atoms with Gasteiger partial charge in [-0.15, -0.1) is 0 Å². The van der Waals surface area contributed by atoms with Gasteiger partial charge in [0.2, 0.25) is 5.69 Å². The minimum atomic E-state index is -3.91. The molecule has 2 aromatic carbocycles. The average molecular weight is 383 g/mol. The van der Waals surface area contributed by atoms with Crippen molar-refractivity contribution in [1.29, 1.82) is 0 Å². The standard InChI is InChI=1S/C17H11N3O.C2H6O3S/c21-17-16(13-7-2-1-3-8-13)19-20-14-9-5-4-6-12(14)10-11-15(20)18-17;1-2-6(3,4)5/h1-11H;2H2,1H3,(H,3,4,5). The molecule has 0 saturated heterocycles. The molecule has 2 heterocycles. The molecular formula is C19H17N3O4S. The molecule has 0 saturated carbocycles.